The SMILES string of the molecule is CCCCc1ccc(Oc2cccc(/C=C3\SC(=S)NC3=O)c2)cc1. The van der Waals surface area contributed by atoms with Gasteiger partial charge in [0, 0.05) is 0 Å². The van der Waals surface area contributed by atoms with Gasteiger partial charge >= 0.3 is 0 Å². The smallest absolute Gasteiger partial charge is 0.263 e. The molecule has 0 unspecified atom stereocenters. The highest BCUT2D eigenvalue weighted by Crippen LogP contribution is 2.28. The van der Waals surface area contributed by atoms with E-state index in [4.69, 9.17) is 17.0 Å². The lowest BCUT2D eigenvalue weighted by Gasteiger charge is -2.08. The Hall–Kier alpha value is -2.11. The third-order valence-electron chi connectivity index (χ3n) is 3.78. The zero-order valence-electron chi connectivity index (χ0n) is 14.0. The topological polar surface area (TPSA) is 38.3 Å². The molecule has 1 N–H and O–H groups in total. The van der Waals surface area contributed by atoms with Crippen molar-refractivity contribution >= 4 is 40.3 Å². The number of benzene rings is 2. The predicted molar refractivity (Wildman–Crippen MR) is 108 cm³/mol. The number of hydrogen-bond donors (Lipinski definition) is 1. The van der Waals surface area contributed by atoms with Crippen LogP contribution in [0.25, 0.3) is 6.08 Å². The summed E-state index contributed by atoms with van der Waals surface area (Å²) in [4.78, 5) is 12.4. The number of nitrogens with one attached hydrogen (secondary N) is 1. The lowest BCUT2D eigenvalue weighted by molar-refractivity contribution is -0.115. The molecule has 25 heavy (non-hydrogen) atoms. The van der Waals surface area contributed by atoms with Crippen molar-refractivity contribution in [2.45, 2.75) is 26.2 Å². The molecule has 0 aliphatic carbocycles. The maximum Gasteiger partial charge on any atom is 0.263 e. The van der Waals surface area contributed by atoms with Crippen LogP contribution in [-0.2, 0) is 11.2 Å². The summed E-state index contributed by atoms with van der Waals surface area (Å²) in [7, 11) is 0. The molecule has 0 bridgehead atoms. The summed E-state index contributed by atoms with van der Waals surface area (Å²) in [5.41, 5.74) is 2.23. The molecule has 1 amide bonds. The van der Waals surface area contributed by atoms with Gasteiger partial charge in [0.25, 0.3) is 5.91 Å². The van der Waals surface area contributed by atoms with E-state index in [0.717, 1.165) is 23.5 Å². The molecule has 0 spiro atoms. The number of amides is 1. The van der Waals surface area contributed by atoms with Crippen molar-refractivity contribution in [1.29, 1.82) is 0 Å². The fourth-order valence-corrected chi connectivity index (χ4v) is 3.53. The van der Waals surface area contributed by atoms with Crippen molar-refractivity contribution in [2.24, 2.45) is 0 Å². The number of rotatable bonds is 6. The van der Waals surface area contributed by atoms with Crippen molar-refractivity contribution in [1.82, 2.24) is 5.32 Å². The van der Waals surface area contributed by atoms with Crippen LogP contribution in [0.4, 0.5) is 0 Å². The Morgan fingerprint density at radius 2 is 1.96 bits per heavy atom. The molecule has 5 heteroatoms. The first-order valence-corrected chi connectivity index (χ1v) is 9.48. The molecule has 1 aliphatic rings. The zero-order valence-corrected chi connectivity index (χ0v) is 15.6. The molecule has 0 atom stereocenters. The summed E-state index contributed by atoms with van der Waals surface area (Å²) < 4.78 is 6.42. The Morgan fingerprint density at radius 1 is 1.16 bits per heavy atom. The van der Waals surface area contributed by atoms with Gasteiger partial charge in [-0.05, 0) is 54.3 Å². The third-order valence-corrected chi connectivity index (χ3v) is 4.94. The number of hydrogen-bond acceptors (Lipinski definition) is 4. The van der Waals surface area contributed by atoms with E-state index in [1.165, 1.54) is 30.2 Å². The van der Waals surface area contributed by atoms with E-state index in [9.17, 15) is 4.79 Å². The van der Waals surface area contributed by atoms with Gasteiger partial charge in [0.2, 0.25) is 0 Å². The van der Waals surface area contributed by atoms with E-state index in [-0.39, 0.29) is 5.91 Å². The van der Waals surface area contributed by atoms with Crippen LogP contribution in [-0.4, -0.2) is 10.2 Å². The highest BCUT2D eigenvalue weighted by Gasteiger charge is 2.21. The lowest BCUT2D eigenvalue weighted by atomic mass is 10.1. The first-order valence-electron chi connectivity index (χ1n) is 8.26. The molecule has 3 rings (SSSR count). The van der Waals surface area contributed by atoms with E-state index in [2.05, 4.69) is 24.4 Å². The van der Waals surface area contributed by atoms with Crippen LogP contribution >= 0.6 is 24.0 Å². The standard InChI is InChI=1S/C20H19NO2S2/c1-2-3-5-14-8-10-16(11-9-14)23-17-7-4-6-15(12-17)13-18-19(22)21-20(24)25-18/h4,6-13H,2-3,5H2,1H3,(H,21,22,24)/b18-13-. The summed E-state index contributed by atoms with van der Waals surface area (Å²) in [6, 6.07) is 15.9. The first kappa shape index (κ1) is 17.7. The third kappa shape index (κ3) is 4.94. The highest BCUT2D eigenvalue weighted by atomic mass is 32.2. The highest BCUT2D eigenvalue weighted by molar-refractivity contribution is 8.26. The van der Waals surface area contributed by atoms with Gasteiger partial charge in [0.05, 0.1) is 4.91 Å². The van der Waals surface area contributed by atoms with Crippen molar-refractivity contribution in [3.8, 4) is 11.5 Å². The van der Waals surface area contributed by atoms with E-state index < -0.39 is 0 Å². The Kier molecular flexibility index (Phi) is 5.89. The molecule has 0 radical (unpaired) electrons. The van der Waals surface area contributed by atoms with Crippen LogP contribution in [0.15, 0.2) is 53.4 Å². The van der Waals surface area contributed by atoms with Crippen LogP contribution in [0.5, 0.6) is 11.5 Å². The van der Waals surface area contributed by atoms with Crippen molar-refractivity contribution < 1.29 is 9.53 Å². The molecule has 128 valence electrons. The molecular weight excluding hydrogens is 350 g/mol. The van der Waals surface area contributed by atoms with E-state index in [0.29, 0.717) is 9.23 Å². The molecule has 1 fully saturated rings. The van der Waals surface area contributed by atoms with Gasteiger partial charge in [-0.15, -0.1) is 0 Å². The second kappa shape index (κ2) is 8.32. The number of unbranched alkanes of at least 4 members (excludes halogenated alkanes) is 1. The predicted octanol–water partition coefficient (Wildman–Crippen LogP) is 5.31. The van der Waals surface area contributed by atoms with Crippen molar-refractivity contribution in [2.75, 3.05) is 0 Å². The minimum absolute atomic E-state index is 0.149. The second-order valence-electron chi connectivity index (χ2n) is 5.77. The normalized spacial score (nSPS) is 15.5. The quantitative estimate of drug-likeness (QED) is 0.553. The molecule has 3 nitrogen and oxygen atoms in total. The van der Waals surface area contributed by atoms with E-state index >= 15 is 0 Å². The van der Waals surface area contributed by atoms with Gasteiger partial charge in [-0.25, -0.2) is 0 Å². The molecular formula is C20H19NO2S2. The fourth-order valence-electron chi connectivity index (χ4n) is 2.48. The van der Waals surface area contributed by atoms with Gasteiger partial charge < -0.3 is 10.1 Å². The summed E-state index contributed by atoms with van der Waals surface area (Å²) in [6.45, 7) is 2.20. The number of carbonyl (C=O) groups excluding carboxylic acids is 1. The fraction of sp³-hybridized carbons (Fsp3) is 0.200. The van der Waals surface area contributed by atoms with Gasteiger partial charge in [-0.3, -0.25) is 4.79 Å². The second-order valence-corrected chi connectivity index (χ2v) is 7.49. The number of thiocarbonyl (C=S) groups is 1. The molecule has 2 aromatic carbocycles. The van der Waals surface area contributed by atoms with Gasteiger partial charge in [0.1, 0.15) is 15.8 Å². The maximum absolute atomic E-state index is 11.8. The Labute approximate surface area is 157 Å². The van der Waals surface area contributed by atoms with Crippen LogP contribution < -0.4 is 10.1 Å². The Bertz CT molecular complexity index is 813. The average Bonchev–Trinajstić information content (AvgIpc) is 2.92. The number of ether oxygens (including phenoxy) is 1. The van der Waals surface area contributed by atoms with Crippen molar-refractivity contribution in [3.63, 3.8) is 0 Å². The summed E-state index contributed by atoms with van der Waals surface area (Å²) in [5.74, 6) is 1.39. The molecule has 1 heterocycles. The summed E-state index contributed by atoms with van der Waals surface area (Å²) >= 11 is 6.28. The van der Waals surface area contributed by atoms with Gasteiger partial charge in [-0.2, -0.15) is 0 Å². The molecule has 1 aliphatic heterocycles. The Morgan fingerprint density at radius 3 is 2.64 bits per heavy atom. The number of thioether (sulfide) groups is 1. The lowest BCUT2D eigenvalue weighted by Crippen LogP contribution is -2.17. The minimum Gasteiger partial charge on any atom is -0.457 e. The Balaban J connectivity index is 1.70. The van der Waals surface area contributed by atoms with Crippen LogP contribution in [0.3, 0.4) is 0 Å². The molecule has 2 aromatic rings. The first-order chi connectivity index (χ1) is 12.1. The van der Waals surface area contributed by atoms with Crippen LogP contribution in [0.1, 0.15) is 30.9 Å². The summed E-state index contributed by atoms with van der Waals surface area (Å²) in [5, 5.41) is 2.62. The summed E-state index contributed by atoms with van der Waals surface area (Å²) in [6.07, 6.45) is 5.31. The van der Waals surface area contributed by atoms with Crippen molar-refractivity contribution in [3.05, 3.63) is 64.6 Å². The van der Waals surface area contributed by atoms with Crippen LogP contribution in [0, 0.1) is 0 Å². The van der Waals surface area contributed by atoms with Gasteiger partial charge in [0.15, 0.2) is 0 Å². The maximum atomic E-state index is 11.8. The monoisotopic (exact) mass is 369 g/mol. The minimum atomic E-state index is -0.149. The molecule has 1 saturated heterocycles. The van der Waals surface area contributed by atoms with Crippen LogP contribution in [0.2, 0.25) is 0 Å². The van der Waals surface area contributed by atoms with E-state index in [1.807, 2.05) is 42.5 Å². The average molecular weight is 370 g/mol. The number of carbonyl (C=O) groups is 1. The zero-order chi connectivity index (χ0) is 17.6. The van der Waals surface area contributed by atoms with Gasteiger partial charge in [-0.1, -0.05) is 61.6 Å². The van der Waals surface area contributed by atoms with E-state index in [1.54, 1.807) is 0 Å². The largest absolute Gasteiger partial charge is 0.457 e. The number of aryl methyl sites for hydroxylation is 1. The molecule has 0 saturated carbocycles. The molecule has 0 aromatic heterocycles.